The third kappa shape index (κ3) is 39.0. The largest absolute Gasteiger partial charge is 0.472 e. The van der Waals surface area contributed by atoms with Crippen LogP contribution in [0.1, 0.15) is 219 Å². The quantitative estimate of drug-likeness (QED) is 0.0310. The fourth-order valence-electron chi connectivity index (χ4n) is 6.35. The van der Waals surface area contributed by atoms with E-state index < -0.39 is 51.8 Å². The van der Waals surface area contributed by atoms with Crippen molar-refractivity contribution in [1.29, 1.82) is 0 Å². The highest BCUT2D eigenvalue weighted by atomic mass is 31.2. The fraction of sp³-hybridized carbons (Fsp3) is 0.952. The van der Waals surface area contributed by atoms with Crippen LogP contribution in [0.15, 0.2) is 0 Å². The van der Waals surface area contributed by atoms with E-state index in [9.17, 15) is 24.2 Å². The van der Waals surface area contributed by atoms with Gasteiger partial charge in [-0.25, -0.2) is 4.57 Å². The molecule has 316 valence electrons. The normalized spacial score (nSPS) is 13.8. The molecule has 0 amide bonds. The molecule has 53 heavy (non-hydrogen) atoms. The van der Waals surface area contributed by atoms with Crippen LogP contribution in [-0.4, -0.2) is 65.7 Å². The Morgan fingerprint density at radius 1 is 0.491 bits per heavy atom. The third-order valence-corrected chi connectivity index (χ3v) is 10.7. The smallest absolute Gasteiger partial charge is 0.462 e. The van der Waals surface area contributed by atoms with Gasteiger partial charge in [0, 0.05) is 12.8 Å². The number of hydrogen-bond donors (Lipinski definition) is 3. The zero-order valence-electron chi connectivity index (χ0n) is 34.3. The van der Waals surface area contributed by atoms with Crippen molar-refractivity contribution >= 4 is 19.8 Å². The number of carbonyl (C=O) groups is 2. The Morgan fingerprint density at radius 3 is 1.17 bits per heavy atom. The van der Waals surface area contributed by atoms with Gasteiger partial charge in [-0.05, 0) is 12.8 Å². The second-order valence-corrected chi connectivity index (χ2v) is 16.5. The van der Waals surface area contributed by atoms with E-state index in [0.29, 0.717) is 12.8 Å². The zero-order valence-corrected chi connectivity index (χ0v) is 35.2. The lowest BCUT2D eigenvalue weighted by molar-refractivity contribution is -0.161. The number of esters is 2. The lowest BCUT2D eigenvalue weighted by Gasteiger charge is -2.20. The first-order valence-electron chi connectivity index (χ1n) is 22.0. The SMILES string of the molecule is CCCCCCCCCCCCCCCCCCCCCC(=O)OC(COC(=O)CCCCCCCCCCCCC)COP(=O)(O)OCC(O)CO. The number of phosphoric acid groups is 1. The molecule has 0 aliphatic heterocycles. The van der Waals surface area contributed by atoms with E-state index in [1.165, 1.54) is 141 Å². The molecule has 0 spiro atoms. The van der Waals surface area contributed by atoms with Gasteiger partial charge >= 0.3 is 19.8 Å². The maximum absolute atomic E-state index is 12.6. The Morgan fingerprint density at radius 2 is 0.811 bits per heavy atom. The summed E-state index contributed by atoms with van der Waals surface area (Å²) in [5.74, 6) is -0.911. The van der Waals surface area contributed by atoms with Gasteiger partial charge in [0.05, 0.1) is 19.8 Å². The Hall–Kier alpha value is -1.03. The molecule has 0 aliphatic carbocycles. The first kappa shape index (κ1) is 52.0. The molecule has 10 nitrogen and oxygen atoms in total. The molecular weight excluding hydrogens is 695 g/mol. The molecule has 0 aliphatic rings. The Bertz CT molecular complexity index is 858. The summed E-state index contributed by atoms with van der Waals surface area (Å²) in [7, 11) is -4.61. The van der Waals surface area contributed by atoms with Crippen molar-refractivity contribution in [2.24, 2.45) is 0 Å². The van der Waals surface area contributed by atoms with Crippen LogP contribution in [-0.2, 0) is 32.7 Å². The van der Waals surface area contributed by atoms with E-state index >= 15 is 0 Å². The second kappa shape index (κ2) is 39.2. The van der Waals surface area contributed by atoms with Crippen LogP contribution >= 0.6 is 7.82 Å². The number of unbranched alkanes of at least 4 members (excludes halogenated alkanes) is 28. The lowest BCUT2D eigenvalue weighted by atomic mass is 10.0. The first-order chi connectivity index (χ1) is 25.7. The average Bonchev–Trinajstić information content (AvgIpc) is 3.14. The van der Waals surface area contributed by atoms with Crippen molar-refractivity contribution in [2.75, 3.05) is 26.4 Å². The maximum Gasteiger partial charge on any atom is 0.472 e. The molecule has 0 heterocycles. The van der Waals surface area contributed by atoms with Crippen molar-refractivity contribution in [2.45, 2.75) is 232 Å². The van der Waals surface area contributed by atoms with E-state index in [2.05, 4.69) is 18.4 Å². The molecule has 0 fully saturated rings. The van der Waals surface area contributed by atoms with E-state index in [-0.39, 0.29) is 19.4 Å². The van der Waals surface area contributed by atoms with E-state index in [0.717, 1.165) is 38.5 Å². The minimum absolute atomic E-state index is 0.192. The van der Waals surface area contributed by atoms with Crippen LogP contribution < -0.4 is 0 Å². The highest BCUT2D eigenvalue weighted by Gasteiger charge is 2.27. The predicted molar refractivity (Wildman–Crippen MR) is 215 cm³/mol. The van der Waals surface area contributed by atoms with Gasteiger partial charge in [-0.2, -0.15) is 0 Å². The molecular formula is C42H83O10P. The topological polar surface area (TPSA) is 149 Å². The Kier molecular flexibility index (Phi) is 38.5. The fourth-order valence-corrected chi connectivity index (χ4v) is 7.14. The summed E-state index contributed by atoms with van der Waals surface area (Å²) in [6.07, 6.45) is 35.0. The standard InChI is InChI=1S/C42H83O10P/c1-3-5-7-9-11-13-15-16-17-18-19-20-21-22-24-26-28-30-32-34-42(46)52-40(38-51-53(47,48)50-36-39(44)35-43)37-49-41(45)33-31-29-27-25-23-14-12-10-8-6-4-2/h39-40,43-44H,3-38H2,1-2H3,(H,47,48). The minimum atomic E-state index is -4.61. The van der Waals surface area contributed by atoms with Gasteiger partial charge in [-0.1, -0.05) is 194 Å². The van der Waals surface area contributed by atoms with Gasteiger partial charge in [0.25, 0.3) is 0 Å². The highest BCUT2D eigenvalue weighted by Crippen LogP contribution is 2.43. The lowest BCUT2D eigenvalue weighted by Crippen LogP contribution is -2.29. The molecule has 0 saturated heterocycles. The van der Waals surface area contributed by atoms with Crippen LogP contribution in [0.5, 0.6) is 0 Å². The van der Waals surface area contributed by atoms with Crippen LogP contribution in [0, 0.1) is 0 Å². The monoisotopic (exact) mass is 779 g/mol. The van der Waals surface area contributed by atoms with Crippen LogP contribution in [0.3, 0.4) is 0 Å². The molecule has 3 atom stereocenters. The van der Waals surface area contributed by atoms with Crippen LogP contribution in [0.2, 0.25) is 0 Å². The number of ether oxygens (including phenoxy) is 2. The summed E-state index contributed by atoms with van der Waals surface area (Å²) in [6, 6.07) is 0. The van der Waals surface area contributed by atoms with Gasteiger partial charge in [0.1, 0.15) is 12.7 Å². The molecule has 0 radical (unpaired) electrons. The summed E-state index contributed by atoms with van der Waals surface area (Å²) >= 11 is 0. The Balaban J connectivity index is 4.19. The zero-order chi connectivity index (χ0) is 39.1. The van der Waals surface area contributed by atoms with E-state index in [1.54, 1.807) is 0 Å². The minimum Gasteiger partial charge on any atom is -0.462 e. The molecule has 0 bridgehead atoms. The molecule has 0 aromatic heterocycles. The van der Waals surface area contributed by atoms with Crippen molar-refractivity contribution in [3.8, 4) is 0 Å². The van der Waals surface area contributed by atoms with Crippen LogP contribution in [0.25, 0.3) is 0 Å². The first-order valence-corrected chi connectivity index (χ1v) is 23.5. The molecule has 0 rings (SSSR count). The Labute approximate surface area is 324 Å². The maximum atomic E-state index is 12.6. The van der Waals surface area contributed by atoms with Crippen molar-refractivity contribution in [3.05, 3.63) is 0 Å². The number of aliphatic hydroxyl groups excluding tert-OH is 2. The molecule has 3 unspecified atom stereocenters. The van der Waals surface area contributed by atoms with Crippen molar-refractivity contribution in [1.82, 2.24) is 0 Å². The molecule has 0 aromatic carbocycles. The van der Waals surface area contributed by atoms with Gasteiger partial charge in [-0.3, -0.25) is 18.6 Å². The number of phosphoric ester groups is 1. The number of rotatable bonds is 42. The van der Waals surface area contributed by atoms with Gasteiger partial charge in [-0.15, -0.1) is 0 Å². The second-order valence-electron chi connectivity index (χ2n) is 15.1. The summed E-state index contributed by atoms with van der Waals surface area (Å²) in [5.41, 5.74) is 0. The van der Waals surface area contributed by atoms with Gasteiger partial charge < -0.3 is 24.6 Å². The predicted octanol–water partition coefficient (Wildman–Crippen LogP) is 11.5. The average molecular weight is 779 g/mol. The molecule has 0 aromatic rings. The number of hydrogen-bond acceptors (Lipinski definition) is 9. The number of carbonyl (C=O) groups excluding carboxylic acids is 2. The number of aliphatic hydroxyl groups is 2. The van der Waals surface area contributed by atoms with Gasteiger partial charge in [0.2, 0.25) is 0 Å². The van der Waals surface area contributed by atoms with E-state index in [4.69, 9.17) is 19.1 Å². The summed E-state index contributed by atoms with van der Waals surface area (Å²) in [6.45, 7) is 2.41. The third-order valence-electron chi connectivity index (χ3n) is 9.76. The summed E-state index contributed by atoms with van der Waals surface area (Å²) in [4.78, 5) is 34.9. The van der Waals surface area contributed by atoms with Crippen molar-refractivity contribution < 1.29 is 47.8 Å². The molecule has 0 saturated carbocycles. The van der Waals surface area contributed by atoms with Gasteiger partial charge in [0.15, 0.2) is 6.10 Å². The molecule has 3 N–H and O–H groups in total. The van der Waals surface area contributed by atoms with Crippen molar-refractivity contribution in [3.63, 3.8) is 0 Å². The highest BCUT2D eigenvalue weighted by molar-refractivity contribution is 7.47. The van der Waals surface area contributed by atoms with Crippen LogP contribution in [0.4, 0.5) is 0 Å². The molecule has 11 heteroatoms. The summed E-state index contributed by atoms with van der Waals surface area (Å²) < 4.78 is 32.7. The van der Waals surface area contributed by atoms with E-state index in [1.807, 2.05) is 0 Å². The summed E-state index contributed by atoms with van der Waals surface area (Å²) in [5, 5.41) is 18.3.